The van der Waals surface area contributed by atoms with Gasteiger partial charge in [-0.25, -0.2) is 9.97 Å². The molecule has 0 aliphatic carbocycles. The number of anilines is 1. The van der Waals surface area contributed by atoms with Crippen molar-refractivity contribution in [2.45, 2.75) is 19.5 Å². The number of nitrogens with one attached hydrogen (secondary N) is 1. The third-order valence-electron chi connectivity index (χ3n) is 3.32. The van der Waals surface area contributed by atoms with Crippen LogP contribution in [0, 0.1) is 0 Å². The molecule has 3 N–H and O–H groups in total. The summed E-state index contributed by atoms with van der Waals surface area (Å²) in [6, 6.07) is 5.83. The number of aromatic amines is 1. The first-order valence-electron chi connectivity index (χ1n) is 6.33. The summed E-state index contributed by atoms with van der Waals surface area (Å²) in [5.74, 6) is 0.191. The summed E-state index contributed by atoms with van der Waals surface area (Å²) in [6.07, 6.45) is 0.734. The maximum Gasteiger partial charge on any atom is 0.257 e. The Morgan fingerprint density at radius 3 is 3.05 bits per heavy atom. The van der Waals surface area contributed by atoms with Crippen molar-refractivity contribution >= 4 is 21.9 Å². The van der Waals surface area contributed by atoms with Crippen LogP contribution in [0.1, 0.15) is 17.0 Å². The second-order valence-electron chi connectivity index (χ2n) is 4.79. The first kappa shape index (κ1) is 13.3. The molecule has 0 radical (unpaired) electrons. The molecule has 0 saturated carbocycles. The summed E-state index contributed by atoms with van der Waals surface area (Å²) in [6.45, 7) is 2.13. The maximum atomic E-state index is 11.9. The fourth-order valence-electron chi connectivity index (χ4n) is 2.40. The van der Waals surface area contributed by atoms with E-state index in [2.05, 4.69) is 35.8 Å². The molecule has 6 nitrogen and oxygen atoms in total. The first-order chi connectivity index (χ1) is 9.61. The lowest BCUT2D eigenvalue weighted by atomic mass is 10.1. The Hall–Kier alpha value is -1.73. The molecule has 1 aliphatic heterocycles. The van der Waals surface area contributed by atoms with Gasteiger partial charge >= 0.3 is 0 Å². The lowest BCUT2D eigenvalue weighted by Gasteiger charge is -2.27. The zero-order valence-corrected chi connectivity index (χ0v) is 12.4. The van der Waals surface area contributed by atoms with Gasteiger partial charge in [0.25, 0.3) is 5.56 Å². The van der Waals surface area contributed by atoms with E-state index in [1.54, 1.807) is 0 Å². The van der Waals surface area contributed by atoms with Gasteiger partial charge in [0.2, 0.25) is 5.95 Å². The smallest absolute Gasteiger partial charge is 0.257 e. The minimum atomic E-state index is -0.139. The van der Waals surface area contributed by atoms with E-state index in [9.17, 15) is 4.79 Å². The van der Waals surface area contributed by atoms with Gasteiger partial charge in [0, 0.05) is 26.1 Å². The summed E-state index contributed by atoms with van der Waals surface area (Å²) >= 11 is 3.36. The summed E-state index contributed by atoms with van der Waals surface area (Å²) in [5, 5.41) is 0. The number of H-pyrrole nitrogens is 1. The van der Waals surface area contributed by atoms with E-state index in [1.807, 2.05) is 18.2 Å². The lowest BCUT2D eigenvalue weighted by molar-refractivity contribution is 0.239. The second kappa shape index (κ2) is 5.34. The number of pyridine rings is 1. The number of hydrogen-bond donors (Lipinski definition) is 2. The zero-order chi connectivity index (χ0) is 14.1. The number of nitrogen functional groups attached to an aromatic ring is 1. The predicted molar refractivity (Wildman–Crippen MR) is 79.0 cm³/mol. The molecule has 20 heavy (non-hydrogen) atoms. The summed E-state index contributed by atoms with van der Waals surface area (Å²) in [4.78, 5) is 25.3. The molecule has 0 saturated heterocycles. The highest BCUT2D eigenvalue weighted by Crippen LogP contribution is 2.16. The van der Waals surface area contributed by atoms with Gasteiger partial charge in [0.1, 0.15) is 4.60 Å². The number of nitrogens with zero attached hydrogens (tertiary/aromatic N) is 3. The SMILES string of the molecule is Nc1nc2c(c(=O)[nH]1)CN(Cc1cccc(Br)n1)CC2. The van der Waals surface area contributed by atoms with Crippen molar-refractivity contribution in [2.24, 2.45) is 0 Å². The third-order valence-corrected chi connectivity index (χ3v) is 3.77. The van der Waals surface area contributed by atoms with E-state index in [-0.39, 0.29) is 11.5 Å². The monoisotopic (exact) mass is 335 g/mol. The van der Waals surface area contributed by atoms with Crippen LogP contribution in [0.2, 0.25) is 0 Å². The number of halogens is 1. The van der Waals surface area contributed by atoms with Crippen LogP contribution in [0.15, 0.2) is 27.6 Å². The molecule has 0 bridgehead atoms. The summed E-state index contributed by atoms with van der Waals surface area (Å²) < 4.78 is 0.819. The van der Waals surface area contributed by atoms with Crippen LogP contribution in [0.3, 0.4) is 0 Å². The van der Waals surface area contributed by atoms with Crippen molar-refractivity contribution < 1.29 is 0 Å². The van der Waals surface area contributed by atoms with Crippen molar-refractivity contribution in [3.8, 4) is 0 Å². The summed E-state index contributed by atoms with van der Waals surface area (Å²) in [5.41, 5.74) is 7.92. The van der Waals surface area contributed by atoms with E-state index in [1.165, 1.54) is 0 Å². The Morgan fingerprint density at radius 2 is 2.25 bits per heavy atom. The van der Waals surface area contributed by atoms with Gasteiger partial charge in [-0.1, -0.05) is 6.07 Å². The number of aromatic nitrogens is 3. The molecule has 1 aliphatic rings. The fourth-order valence-corrected chi connectivity index (χ4v) is 2.78. The molecule has 3 heterocycles. The van der Waals surface area contributed by atoms with Crippen molar-refractivity contribution in [3.05, 3.63) is 50.1 Å². The fraction of sp³-hybridized carbons (Fsp3) is 0.308. The topological polar surface area (TPSA) is 87.9 Å². The van der Waals surface area contributed by atoms with E-state index >= 15 is 0 Å². The average Bonchev–Trinajstić information content (AvgIpc) is 2.39. The van der Waals surface area contributed by atoms with Gasteiger partial charge < -0.3 is 5.73 Å². The van der Waals surface area contributed by atoms with Gasteiger partial charge in [-0.3, -0.25) is 14.7 Å². The number of nitrogens with two attached hydrogens (primary N) is 1. The van der Waals surface area contributed by atoms with E-state index in [0.29, 0.717) is 18.7 Å². The van der Waals surface area contributed by atoms with Crippen LogP contribution >= 0.6 is 15.9 Å². The maximum absolute atomic E-state index is 11.9. The molecule has 0 fully saturated rings. The normalized spacial score (nSPS) is 15.1. The molecule has 3 rings (SSSR count). The largest absolute Gasteiger partial charge is 0.369 e. The van der Waals surface area contributed by atoms with Crippen LogP contribution < -0.4 is 11.3 Å². The quantitative estimate of drug-likeness (QED) is 0.801. The Labute approximate surface area is 124 Å². The van der Waals surface area contributed by atoms with Crippen LogP contribution in [0.5, 0.6) is 0 Å². The number of rotatable bonds is 2. The third kappa shape index (κ3) is 2.73. The molecular formula is C13H14BrN5O. The van der Waals surface area contributed by atoms with Crippen molar-refractivity contribution in [1.29, 1.82) is 0 Å². The van der Waals surface area contributed by atoms with Crippen molar-refractivity contribution in [1.82, 2.24) is 19.9 Å². The first-order valence-corrected chi connectivity index (χ1v) is 7.12. The van der Waals surface area contributed by atoms with Crippen LogP contribution in [-0.4, -0.2) is 26.4 Å². The Kier molecular flexibility index (Phi) is 3.54. The Bertz CT molecular complexity index is 699. The zero-order valence-electron chi connectivity index (χ0n) is 10.8. The van der Waals surface area contributed by atoms with E-state index in [0.717, 1.165) is 29.0 Å². The van der Waals surface area contributed by atoms with Crippen LogP contribution in [-0.2, 0) is 19.5 Å². The Balaban J connectivity index is 1.81. The van der Waals surface area contributed by atoms with E-state index in [4.69, 9.17) is 5.73 Å². The Morgan fingerprint density at radius 1 is 1.40 bits per heavy atom. The lowest BCUT2D eigenvalue weighted by Crippen LogP contribution is -2.35. The minimum Gasteiger partial charge on any atom is -0.369 e. The molecule has 0 atom stereocenters. The molecule has 2 aromatic heterocycles. The van der Waals surface area contributed by atoms with Crippen LogP contribution in [0.4, 0.5) is 5.95 Å². The van der Waals surface area contributed by atoms with Gasteiger partial charge in [-0.2, -0.15) is 0 Å². The molecule has 0 unspecified atom stereocenters. The highest BCUT2D eigenvalue weighted by atomic mass is 79.9. The van der Waals surface area contributed by atoms with Crippen molar-refractivity contribution in [3.63, 3.8) is 0 Å². The predicted octanol–water partition coefficient (Wildman–Crippen LogP) is 1.07. The molecule has 0 amide bonds. The standard InChI is InChI=1S/C13H14BrN5O/c14-11-3-1-2-8(16-11)6-19-5-4-10-9(7-19)12(20)18-13(15)17-10/h1-3H,4-7H2,(H3,15,17,18,20). The molecule has 104 valence electrons. The van der Waals surface area contributed by atoms with E-state index < -0.39 is 0 Å². The highest BCUT2D eigenvalue weighted by Gasteiger charge is 2.21. The number of fused-ring (bicyclic) bond motifs is 1. The van der Waals surface area contributed by atoms with Gasteiger partial charge in [-0.15, -0.1) is 0 Å². The highest BCUT2D eigenvalue weighted by molar-refractivity contribution is 9.10. The average molecular weight is 336 g/mol. The molecule has 2 aromatic rings. The second-order valence-corrected chi connectivity index (χ2v) is 5.60. The van der Waals surface area contributed by atoms with Gasteiger partial charge in [-0.05, 0) is 28.1 Å². The molecular weight excluding hydrogens is 322 g/mol. The van der Waals surface area contributed by atoms with Gasteiger partial charge in [0.05, 0.1) is 17.0 Å². The van der Waals surface area contributed by atoms with Crippen molar-refractivity contribution in [2.75, 3.05) is 12.3 Å². The molecule has 0 spiro atoms. The summed E-state index contributed by atoms with van der Waals surface area (Å²) in [7, 11) is 0. The molecule has 0 aromatic carbocycles. The minimum absolute atomic E-state index is 0.139. The van der Waals surface area contributed by atoms with Crippen LogP contribution in [0.25, 0.3) is 0 Å². The van der Waals surface area contributed by atoms with Gasteiger partial charge in [0.15, 0.2) is 0 Å². The number of hydrogen-bond acceptors (Lipinski definition) is 5. The molecule has 7 heteroatoms.